The zero-order valence-corrected chi connectivity index (χ0v) is 11.3. The monoisotopic (exact) mass is 278 g/mol. The third kappa shape index (κ3) is 3.77. The first-order valence-corrected chi connectivity index (χ1v) is 6.65. The predicted molar refractivity (Wildman–Crippen MR) is 71.7 cm³/mol. The number of hydrogen-bond acceptors (Lipinski definition) is 4. The molecule has 2 N–H and O–H groups in total. The van der Waals surface area contributed by atoms with Crippen LogP contribution in [0, 0.1) is 5.92 Å². The lowest BCUT2D eigenvalue weighted by molar-refractivity contribution is 0.00302. The third-order valence-corrected chi connectivity index (χ3v) is 3.39. The average Bonchev–Trinajstić information content (AvgIpc) is 2.45. The summed E-state index contributed by atoms with van der Waals surface area (Å²) < 4.78 is 5.46. The van der Waals surface area contributed by atoms with Crippen LogP contribution in [0.25, 0.3) is 0 Å². The predicted octanol–water partition coefficient (Wildman–Crippen LogP) is 1.32. The van der Waals surface area contributed by atoms with Gasteiger partial charge in [-0.1, -0.05) is 0 Å². The van der Waals surface area contributed by atoms with Crippen molar-refractivity contribution >= 4 is 11.9 Å². The highest BCUT2D eigenvalue weighted by atomic mass is 16.5. The number of aromatic carboxylic acids is 1. The topological polar surface area (TPSA) is 88.5 Å². The highest BCUT2D eigenvalue weighted by Gasteiger charge is 2.20. The Kier molecular flexibility index (Phi) is 4.68. The van der Waals surface area contributed by atoms with E-state index < -0.39 is 5.97 Å². The van der Waals surface area contributed by atoms with Crippen LogP contribution in [0.5, 0.6) is 0 Å². The molecule has 0 radical (unpaired) electrons. The second-order valence-corrected chi connectivity index (χ2v) is 5.02. The second kappa shape index (κ2) is 6.47. The Morgan fingerprint density at radius 2 is 2.35 bits per heavy atom. The number of amides is 1. The Bertz CT molecular complexity index is 504. The number of rotatable bonds is 4. The number of nitrogens with one attached hydrogen (secondary N) is 1. The quantitative estimate of drug-likeness (QED) is 0.867. The van der Waals surface area contributed by atoms with Gasteiger partial charge in [0.05, 0.1) is 6.10 Å². The number of ether oxygens (including phenoxy) is 1. The van der Waals surface area contributed by atoms with Gasteiger partial charge < -0.3 is 15.2 Å². The van der Waals surface area contributed by atoms with Crippen molar-refractivity contribution in [3.05, 3.63) is 29.6 Å². The van der Waals surface area contributed by atoms with E-state index in [2.05, 4.69) is 10.3 Å². The van der Waals surface area contributed by atoms with Crippen LogP contribution in [0.4, 0.5) is 0 Å². The molecule has 1 aliphatic rings. The normalized spacial score (nSPS) is 22.2. The first-order chi connectivity index (χ1) is 9.56. The molecule has 0 spiro atoms. The summed E-state index contributed by atoms with van der Waals surface area (Å²) in [4.78, 5) is 26.5. The zero-order chi connectivity index (χ0) is 14.5. The number of nitrogens with zero attached hydrogens (tertiary/aromatic N) is 1. The van der Waals surface area contributed by atoms with E-state index in [0.717, 1.165) is 19.4 Å². The van der Waals surface area contributed by atoms with Crippen molar-refractivity contribution in [1.82, 2.24) is 10.3 Å². The van der Waals surface area contributed by atoms with E-state index in [0.29, 0.717) is 18.0 Å². The van der Waals surface area contributed by atoms with Crippen LogP contribution in [-0.4, -0.2) is 41.2 Å². The molecule has 1 aromatic rings. The lowest BCUT2D eigenvalue weighted by Gasteiger charge is -2.27. The highest BCUT2D eigenvalue weighted by molar-refractivity contribution is 5.96. The van der Waals surface area contributed by atoms with Gasteiger partial charge in [0.1, 0.15) is 5.69 Å². The minimum absolute atomic E-state index is 0.127. The molecule has 20 heavy (non-hydrogen) atoms. The van der Waals surface area contributed by atoms with Crippen molar-refractivity contribution in [2.75, 3.05) is 13.2 Å². The van der Waals surface area contributed by atoms with E-state index in [1.54, 1.807) is 0 Å². The maximum Gasteiger partial charge on any atom is 0.354 e. The number of pyridine rings is 1. The van der Waals surface area contributed by atoms with Crippen LogP contribution in [0.3, 0.4) is 0 Å². The van der Waals surface area contributed by atoms with Crippen LogP contribution < -0.4 is 5.32 Å². The van der Waals surface area contributed by atoms with Crippen molar-refractivity contribution in [2.45, 2.75) is 25.9 Å². The fourth-order valence-corrected chi connectivity index (χ4v) is 2.30. The first-order valence-electron chi connectivity index (χ1n) is 6.65. The molecule has 1 saturated heterocycles. The third-order valence-electron chi connectivity index (χ3n) is 3.39. The van der Waals surface area contributed by atoms with Gasteiger partial charge in [-0.25, -0.2) is 9.78 Å². The summed E-state index contributed by atoms with van der Waals surface area (Å²) in [6.45, 7) is 3.33. The second-order valence-electron chi connectivity index (χ2n) is 5.02. The number of carboxylic acids is 1. The summed E-state index contributed by atoms with van der Waals surface area (Å²) >= 11 is 0. The van der Waals surface area contributed by atoms with Crippen molar-refractivity contribution in [2.24, 2.45) is 5.92 Å². The molecular formula is C14H18N2O4. The molecule has 0 aromatic carbocycles. The number of hydrogen-bond donors (Lipinski definition) is 2. The van der Waals surface area contributed by atoms with Crippen molar-refractivity contribution in [1.29, 1.82) is 0 Å². The maximum atomic E-state index is 12.0. The smallest absolute Gasteiger partial charge is 0.354 e. The number of carbonyl (C=O) groups is 2. The largest absolute Gasteiger partial charge is 0.477 e. The van der Waals surface area contributed by atoms with Gasteiger partial charge in [0.25, 0.3) is 5.91 Å². The Morgan fingerprint density at radius 3 is 3.05 bits per heavy atom. The van der Waals surface area contributed by atoms with E-state index in [4.69, 9.17) is 9.84 Å². The Balaban J connectivity index is 1.91. The van der Waals surface area contributed by atoms with Gasteiger partial charge in [0.15, 0.2) is 0 Å². The summed E-state index contributed by atoms with van der Waals surface area (Å²) in [5.41, 5.74) is 0.190. The van der Waals surface area contributed by atoms with E-state index in [9.17, 15) is 9.59 Å². The SMILES string of the molecule is CC1CC(CNC(=O)c2ccnc(C(=O)O)c2)CCO1. The molecule has 2 heterocycles. The van der Waals surface area contributed by atoms with E-state index in [1.807, 2.05) is 6.92 Å². The number of carboxylic acid groups (broad SMARTS) is 1. The maximum absolute atomic E-state index is 12.0. The molecule has 108 valence electrons. The van der Waals surface area contributed by atoms with Gasteiger partial charge in [-0.3, -0.25) is 4.79 Å². The van der Waals surface area contributed by atoms with Gasteiger partial charge in [-0.2, -0.15) is 0 Å². The minimum atomic E-state index is -1.14. The van der Waals surface area contributed by atoms with E-state index in [1.165, 1.54) is 18.3 Å². The van der Waals surface area contributed by atoms with Gasteiger partial charge in [-0.15, -0.1) is 0 Å². The summed E-state index contributed by atoms with van der Waals surface area (Å²) in [6.07, 6.45) is 3.41. The van der Waals surface area contributed by atoms with Gasteiger partial charge in [0.2, 0.25) is 0 Å². The summed E-state index contributed by atoms with van der Waals surface area (Å²) in [5, 5.41) is 11.7. The summed E-state index contributed by atoms with van der Waals surface area (Å²) in [6, 6.07) is 2.79. The minimum Gasteiger partial charge on any atom is -0.477 e. The van der Waals surface area contributed by atoms with Crippen molar-refractivity contribution in [3.63, 3.8) is 0 Å². The Labute approximate surface area is 117 Å². The van der Waals surface area contributed by atoms with Crippen LogP contribution >= 0.6 is 0 Å². The van der Waals surface area contributed by atoms with Crippen LogP contribution in [0.1, 0.15) is 40.6 Å². The molecule has 0 saturated carbocycles. The van der Waals surface area contributed by atoms with Crippen LogP contribution in [0.15, 0.2) is 18.3 Å². The molecule has 2 atom stereocenters. The molecule has 6 nitrogen and oxygen atoms in total. The molecular weight excluding hydrogens is 260 g/mol. The van der Waals surface area contributed by atoms with Crippen molar-refractivity contribution in [3.8, 4) is 0 Å². The molecule has 1 aliphatic heterocycles. The Hall–Kier alpha value is -1.95. The molecule has 6 heteroatoms. The van der Waals surface area contributed by atoms with E-state index in [-0.39, 0.29) is 17.7 Å². The first kappa shape index (κ1) is 14.5. The van der Waals surface area contributed by atoms with Crippen molar-refractivity contribution < 1.29 is 19.4 Å². The highest BCUT2D eigenvalue weighted by Crippen LogP contribution is 2.19. The molecule has 0 aliphatic carbocycles. The van der Waals surface area contributed by atoms with Crippen LogP contribution in [-0.2, 0) is 4.74 Å². The summed E-state index contributed by atoms with van der Waals surface area (Å²) in [5.74, 6) is -1.00. The van der Waals surface area contributed by atoms with Gasteiger partial charge in [0, 0.05) is 24.9 Å². The lowest BCUT2D eigenvalue weighted by Crippen LogP contribution is -2.34. The van der Waals surface area contributed by atoms with Crippen LogP contribution in [0.2, 0.25) is 0 Å². The fourth-order valence-electron chi connectivity index (χ4n) is 2.30. The lowest BCUT2D eigenvalue weighted by atomic mass is 9.96. The molecule has 2 unspecified atom stereocenters. The average molecular weight is 278 g/mol. The molecule has 0 bridgehead atoms. The number of carbonyl (C=O) groups excluding carboxylic acids is 1. The molecule has 2 rings (SSSR count). The standard InChI is InChI=1S/C14H18N2O4/c1-9-6-10(3-5-20-9)8-16-13(17)11-2-4-15-12(7-11)14(18)19/h2,4,7,9-10H,3,5-6,8H2,1H3,(H,16,17)(H,18,19). The fraction of sp³-hybridized carbons (Fsp3) is 0.500. The molecule has 1 aromatic heterocycles. The Morgan fingerprint density at radius 1 is 1.55 bits per heavy atom. The molecule has 1 amide bonds. The summed E-state index contributed by atoms with van der Waals surface area (Å²) in [7, 11) is 0. The zero-order valence-electron chi connectivity index (χ0n) is 11.3. The molecule has 1 fully saturated rings. The van der Waals surface area contributed by atoms with Gasteiger partial charge >= 0.3 is 5.97 Å². The number of aromatic nitrogens is 1. The van der Waals surface area contributed by atoms with Gasteiger partial charge in [-0.05, 0) is 37.8 Å². The van der Waals surface area contributed by atoms with E-state index >= 15 is 0 Å².